The van der Waals surface area contributed by atoms with Gasteiger partial charge in [-0.15, -0.1) is 16.4 Å². The molecule has 0 fully saturated rings. The van der Waals surface area contributed by atoms with Crippen LogP contribution in [0.4, 0.5) is 0 Å². The van der Waals surface area contributed by atoms with Crippen molar-refractivity contribution in [1.29, 1.82) is 0 Å². The third-order valence-electron chi connectivity index (χ3n) is 4.71. The molecule has 0 aromatic carbocycles. The van der Waals surface area contributed by atoms with Crippen LogP contribution in [-0.4, -0.2) is 39.5 Å². The van der Waals surface area contributed by atoms with E-state index in [0.29, 0.717) is 12.5 Å². The lowest BCUT2D eigenvalue weighted by molar-refractivity contribution is 0.281. The van der Waals surface area contributed by atoms with Gasteiger partial charge in [-0.25, -0.2) is 4.68 Å². The topological polar surface area (TPSA) is 51.0 Å². The first-order valence-corrected chi connectivity index (χ1v) is 9.06. The van der Waals surface area contributed by atoms with E-state index in [4.69, 9.17) is 0 Å². The molecule has 1 unspecified atom stereocenters. The maximum atomic E-state index is 12.8. The summed E-state index contributed by atoms with van der Waals surface area (Å²) < 4.78 is 1.55. The van der Waals surface area contributed by atoms with Crippen LogP contribution in [0.15, 0.2) is 4.79 Å². The van der Waals surface area contributed by atoms with Crippen molar-refractivity contribution in [3.8, 4) is 0 Å². The Kier molecular flexibility index (Phi) is 4.59. The molecule has 0 amide bonds. The molecule has 2 aromatic heterocycles. The van der Waals surface area contributed by atoms with Crippen LogP contribution in [0.25, 0.3) is 10.2 Å². The van der Waals surface area contributed by atoms with Gasteiger partial charge in [-0.1, -0.05) is 26.0 Å². The van der Waals surface area contributed by atoms with E-state index >= 15 is 0 Å². The summed E-state index contributed by atoms with van der Waals surface area (Å²) in [5.41, 5.74) is 1.29. The molecule has 1 aliphatic carbocycles. The standard InChI is InChI=1S/C16H24N4OS/c1-4-19(5-2)8-9-20-16(21)14-12-7-6-11(3)10-13(12)22-15(14)17-18-20/h11H,4-10H2,1-3H3. The molecule has 0 radical (unpaired) electrons. The summed E-state index contributed by atoms with van der Waals surface area (Å²) in [7, 11) is 0. The van der Waals surface area contributed by atoms with Crippen LogP contribution in [0.2, 0.25) is 0 Å². The smallest absolute Gasteiger partial charge is 0.278 e. The maximum Gasteiger partial charge on any atom is 0.278 e. The van der Waals surface area contributed by atoms with Crippen molar-refractivity contribution in [3.63, 3.8) is 0 Å². The molecule has 1 aliphatic rings. The van der Waals surface area contributed by atoms with E-state index in [0.717, 1.165) is 42.7 Å². The molecule has 0 saturated carbocycles. The molecule has 3 rings (SSSR count). The number of aromatic nitrogens is 3. The highest BCUT2D eigenvalue weighted by molar-refractivity contribution is 7.18. The average Bonchev–Trinajstić information content (AvgIpc) is 2.88. The van der Waals surface area contributed by atoms with Crippen molar-refractivity contribution in [3.05, 3.63) is 20.8 Å². The first kappa shape index (κ1) is 15.6. The highest BCUT2D eigenvalue weighted by Gasteiger charge is 2.23. The Hall–Kier alpha value is -1.27. The van der Waals surface area contributed by atoms with Crippen molar-refractivity contribution < 1.29 is 0 Å². The quantitative estimate of drug-likeness (QED) is 0.848. The van der Waals surface area contributed by atoms with E-state index < -0.39 is 0 Å². The first-order valence-electron chi connectivity index (χ1n) is 8.24. The number of thiophene rings is 1. The molecule has 1 atom stereocenters. The van der Waals surface area contributed by atoms with E-state index in [1.165, 1.54) is 16.9 Å². The lowest BCUT2D eigenvalue weighted by atomic mass is 9.89. The van der Waals surface area contributed by atoms with Crippen LogP contribution >= 0.6 is 11.3 Å². The second-order valence-electron chi connectivity index (χ2n) is 6.18. The van der Waals surface area contributed by atoms with Crippen molar-refractivity contribution in [1.82, 2.24) is 19.9 Å². The number of rotatable bonds is 5. The van der Waals surface area contributed by atoms with Crippen LogP contribution in [0.1, 0.15) is 37.6 Å². The molecular formula is C16H24N4OS. The number of hydrogen-bond donors (Lipinski definition) is 0. The first-order chi connectivity index (χ1) is 10.6. The minimum absolute atomic E-state index is 0.0456. The Balaban J connectivity index is 1.94. The summed E-state index contributed by atoms with van der Waals surface area (Å²) >= 11 is 1.66. The fourth-order valence-corrected chi connectivity index (χ4v) is 4.53. The predicted octanol–water partition coefficient (Wildman–Crippen LogP) is 2.32. The zero-order chi connectivity index (χ0) is 15.7. The molecule has 22 heavy (non-hydrogen) atoms. The summed E-state index contributed by atoms with van der Waals surface area (Å²) in [6, 6.07) is 0. The average molecular weight is 320 g/mol. The van der Waals surface area contributed by atoms with Crippen LogP contribution in [-0.2, 0) is 19.4 Å². The van der Waals surface area contributed by atoms with Gasteiger partial charge in [-0.05, 0) is 43.8 Å². The van der Waals surface area contributed by atoms with Gasteiger partial charge in [0.15, 0.2) is 4.83 Å². The van der Waals surface area contributed by atoms with Crippen LogP contribution in [0.5, 0.6) is 0 Å². The Bertz CT molecular complexity index is 717. The van der Waals surface area contributed by atoms with Crippen molar-refractivity contribution in [2.45, 2.75) is 46.6 Å². The third kappa shape index (κ3) is 2.82. The molecule has 5 nitrogen and oxygen atoms in total. The van der Waals surface area contributed by atoms with E-state index in [1.54, 1.807) is 16.0 Å². The zero-order valence-corrected chi connectivity index (χ0v) is 14.4. The number of aryl methyl sites for hydroxylation is 1. The van der Waals surface area contributed by atoms with Crippen molar-refractivity contribution in [2.75, 3.05) is 19.6 Å². The lowest BCUT2D eigenvalue weighted by Crippen LogP contribution is -2.32. The summed E-state index contributed by atoms with van der Waals surface area (Å²) in [4.78, 5) is 17.2. The minimum Gasteiger partial charge on any atom is -0.302 e. The molecule has 0 bridgehead atoms. The molecule has 0 spiro atoms. The highest BCUT2D eigenvalue weighted by Crippen LogP contribution is 2.35. The van der Waals surface area contributed by atoms with E-state index in [1.807, 2.05) is 0 Å². The Morgan fingerprint density at radius 1 is 1.36 bits per heavy atom. The second kappa shape index (κ2) is 6.46. The maximum absolute atomic E-state index is 12.8. The highest BCUT2D eigenvalue weighted by atomic mass is 32.1. The second-order valence-corrected chi connectivity index (χ2v) is 7.26. The third-order valence-corrected chi connectivity index (χ3v) is 5.85. The van der Waals surface area contributed by atoms with Crippen molar-refractivity contribution in [2.24, 2.45) is 5.92 Å². The van der Waals surface area contributed by atoms with Gasteiger partial charge in [-0.2, -0.15) is 0 Å². The van der Waals surface area contributed by atoms with E-state index in [-0.39, 0.29) is 5.56 Å². The normalized spacial score (nSPS) is 18.1. The predicted molar refractivity (Wildman–Crippen MR) is 90.7 cm³/mol. The van der Waals surface area contributed by atoms with Gasteiger partial charge in [0.2, 0.25) is 0 Å². The Morgan fingerprint density at radius 2 is 2.14 bits per heavy atom. The van der Waals surface area contributed by atoms with Gasteiger partial charge in [0.1, 0.15) is 0 Å². The monoisotopic (exact) mass is 320 g/mol. The number of nitrogens with zero attached hydrogens (tertiary/aromatic N) is 4. The van der Waals surface area contributed by atoms with Crippen LogP contribution in [0.3, 0.4) is 0 Å². The minimum atomic E-state index is 0.0456. The molecule has 0 aliphatic heterocycles. The Labute approximate surface area is 134 Å². The summed E-state index contributed by atoms with van der Waals surface area (Å²) in [5, 5.41) is 9.30. The molecule has 0 saturated heterocycles. The Morgan fingerprint density at radius 3 is 2.86 bits per heavy atom. The van der Waals surface area contributed by atoms with Gasteiger partial charge < -0.3 is 4.90 Å². The van der Waals surface area contributed by atoms with Crippen LogP contribution < -0.4 is 5.56 Å². The van der Waals surface area contributed by atoms with Gasteiger partial charge in [-0.3, -0.25) is 4.79 Å². The number of likely N-dealkylation sites (N-methyl/N-ethyl adjacent to an activating group) is 1. The summed E-state index contributed by atoms with van der Waals surface area (Å²) in [6.45, 7) is 10.00. The SMILES string of the molecule is CCN(CC)CCn1nnc2sc3c(c2c1=O)CCC(C)C3. The largest absolute Gasteiger partial charge is 0.302 e. The molecular weight excluding hydrogens is 296 g/mol. The summed E-state index contributed by atoms with van der Waals surface area (Å²) in [6.07, 6.45) is 3.25. The van der Waals surface area contributed by atoms with Gasteiger partial charge >= 0.3 is 0 Å². The fourth-order valence-electron chi connectivity index (χ4n) is 3.21. The van der Waals surface area contributed by atoms with Crippen molar-refractivity contribution >= 4 is 21.6 Å². The zero-order valence-electron chi connectivity index (χ0n) is 13.6. The molecule has 0 N–H and O–H groups in total. The van der Waals surface area contributed by atoms with E-state index in [2.05, 4.69) is 36.0 Å². The lowest BCUT2D eigenvalue weighted by Gasteiger charge is -2.18. The van der Waals surface area contributed by atoms with Crippen LogP contribution in [0, 0.1) is 5.92 Å². The number of fused-ring (bicyclic) bond motifs is 3. The van der Waals surface area contributed by atoms with Gasteiger partial charge in [0.05, 0.1) is 11.9 Å². The summed E-state index contributed by atoms with van der Waals surface area (Å²) in [5.74, 6) is 0.707. The molecule has 2 aromatic rings. The fraction of sp³-hybridized carbons (Fsp3) is 0.688. The van der Waals surface area contributed by atoms with Gasteiger partial charge in [0, 0.05) is 11.4 Å². The molecule has 6 heteroatoms. The van der Waals surface area contributed by atoms with Gasteiger partial charge in [0.25, 0.3) is 5.56 Å². The molecule has 120 valence electrons. The van der Waals surface area contributed by atoms with E-state index in [9.17, 15) is 4.79 Å². The number of hydrogen-bond acceptors (Lipinski definition) is 5. The molecule has 2 heterocycles.